The molecule has 3 heterocycles. The van der Waals surface area contributed by atoms with E-state index in [0.717, 1.165) is 34.5 Å². The van der Waals surface area contributed by atoms with Gasteiger partial charge in [-0.05, 0) is 31.4 Å². The second-order valence-corrected chi connectivity index (χ2v) is 5.52. The number of pyridine rings is 1. The molecule has 0 radical (unpaired) electrons. The lowest BCUT2D eigenvalue weighted by molar-refractivity contribution is 0.646. The van der Waals surface area contributed by atoms with Crippen LogP contribution in [-0.4, -0.2) is 21.5 Å². The molecule has 0 saturated carbocycles. The summed E-state index contributed by atoms with van der Waals surface area (Å²) >= 11 is 0. The van der Waals surface area contributed by atoms with Gasteiger partial charge in [-0.2, -0.15) is 0 Å². The number of fused-ring (bicyclic) bond motifs is 3. The molecule has 0 bridgehead atoms. The Morgan fingerprint density at radius 3 is 2.80 bits per heavy atom. The van der Waals surface area contributed by atoms with Gasteiger partial charge in [0, 0.05) is 12.2 Å². The third-order valence-electron chi connectivity index (χ3n) is 3.37. The molecule has 0 spiro atoms. The first-order valence-electron chi connectivity index (χ1n) is 6.81. The van der Waals surface area contributed by atoms with Crippen molar-refractivity contribution < 1.29 is 4.42 Å². The molecule has 3 aromatic heterocycles. The van der Waals surface area contributed by atoms with Crippen LogP contribution < -0.4 is 5.32 Å². The standard InChI is InChI=1S/C15H18N4O/c1-8(2)6-16-14-13-12(17-7-18-14)11-5-9(3)10(4)19-15(11)20-13/h5,7-8H,6H2,1-4H3,(H,16,17,18). The molecule has 3 aromatic rings. The average Bonchev–Trinajstić information content (AvgIpc) is 2.75. The molecule has 0 unspecified atom stereocenters. The van der Waals surface area contributed by atoms with E-state index < -0.39 is 0 Å². The van der Waals surface area contributed by atoms with E-state index in [9.17, 15) is 0 Å². The first-order chi connectivity index (χ1) is 9.56. The molecule has 5 heteroatoms. The second kappa shape index (κ2) is 4.74. The maximum atomic E-state index is 5.85. The molecule has 0 aliphatic carbocycles. The van der Waals surface area contributed by atoms with Gasteiger partial charge in [-0.25, -0.2) is 15.0 Å². The minimum atomic E-state index is 0.534. The summed E-state index contributed by atoms with van der Waals surface area (Å²) in [6.07, 6.45) is 1.56. The van der Waals surface area contributed by atoms with Gasteiger partial charge in [-0.1, -0.05) is 13.8 Å². The normalized spacial score (nSPS) is 11.7. The van der Waals surface area contributed by atoms with Crippen LogP contribution in [0.4, 0.5) is 5.82 Å². The molecule has 0 aromatic carbocycles. The summed E-state index contributed by atoms with van der Waals surface area (Å²) in [5, 5.41) is 4.25. The number of rotatable bonds is 3. The van der Waals surface area contributed by atoms with Crippen molar-refractivity contribution in [2.75, 3.05) is 11.9 Å². The molecule has 0 fully saturated rings. The van der Waals surface area contributed by atoms with Crippen LogP contribution >= 0.6 is 0 Å². The Labute approximate surface area is 117 Å². The Balaban J connectivity index is 2.19. The fourth-order valence-electron chi connectivity index (χ4n) is 2.12. The van der Waals surface area contributed by atoms with E-state index in [2.05, 4.69) is 40.2 Å². The topological polar surface area (TPSA) is 63.8 Å². The number of hydrogen-bond acceptors (Lipinski definition) is 5. The Hall–Kier alpha value is -2.17. The van der Waals surface area contributed by atoms with Crippen molar-refractivity contribution in [3.8, 4) is 0 Å². The largest absolute Gasteiger partial charge is 0.432 e. The van der Waals surface area contributed by atoms with E-state index in [1.807, 2.05) is 13.8 Å². The maximum absolute atomic E-state index is 5.85. The van der Waals surface area contributed by atoms with E-state index in [-0.39, 0.29) is 0 Å². The van der Waals surface area contributed by atoms with E-state index in [4.69, 9.17) is 4.42 Å². The van der Waals surface area contributed by atoms with Gasteiger partial charge in [-0.3, -0.25) is 0 Å². The summed E-state index contributed by atoms with van der Waals surface area (Å²) in [6, 6.07) is 2.07. The number of hydrogen-bond donors (Lipinski definition) is 1. The summed E-state index contributed by atoms with van der Waals surface area (Å²) in [4.78, 5) is 13.1. The summed E-state index contributed by atoms with van der Waals surface area (Å²) < 4.78 is 5.85. The van der Waals surface area contributed by atoms with Gasteiger partial charge >= 0.3 is 0 Å². The highest BCUT2D eigenvalue weighted by molar-refractivity contribution is 6.04. The van der Waals surface area contributed by atoms with Crippen molar-refractivity contribution in [2.24, 2.45) is 5.92 Å². The number of anilines is 1. The molecular formula is C15H18N4O. The SMILES string of the molecule is Cc1cc2c(nc1C)oc1c(NCC(C)C)ncnc12. The zero-order valence-electron chi connectivity index (χ0n) is 12.2. The Kier molecular flexibility index (Phi) is 3.04. The van der Waals surface area contributed by atoms with Gasteiger partial charge in [0.2, 0.25) is 5.71 Å². The molecule has 5 nitrogen and oxygen atoms in total. The smallest absolute Gasteiger partial charge is 0.229 e. The summed E-state index contributed by atoms with van der Waals surface area (Å²) in [5.41, 5.74) is 4.23. The van der Waals surface area contributed by atoms with Gasteiger partial charge in [0.05, 0.1) is 5.39 Å². The van der Waals surface area contributed by atoms with Crippen LogP contribution in [0.25, 0.3) is 22.2 Å². The summed E-state index contributed by atoms with van der Waals surface area (Å²) in [7, 11) is 0. The van der Waals surface area contributed by atoms with Crippen molar-refractivity contribution in [1.82, 2.24) is 15.0 Å². The Morgan fingerprint density at radius 1 is 1.25 bits per heavy atom. The van der Waals surface area contributed by atoms with Crippen LogP contribution in [-0.2, 0) is 0 Å². The first kappa shape index (κ1) is 12.8. The lowest BCUT2D eigenvalue weighted by atomic mass is 10.2. The van der Waals surface area contributed by atoms with Crippen molar-refractivity contribution in [2.45, 2.75) is 27.7 Å². The van der Waals surface area contributed by atoms with Gasteiger partial charge in [0.25, 0.3) is 0 Å². The number of aryl methyl sites for hydroxylation is 2. The highest BCUT2D eigenvalue weighted by Crippen LogP contribution is 2.30. The molecule has 20 heavy (non-hydrogen) atoms. The van der Waals surface area contributed by atoms with E-state index >= 15 is 0 Å². The number of nitrogens with zero attached hydrogens (tertiary/aromatic N) is 3. The van der Waals surface area contributed by atoms with E-state index in [1.165, 1.54) is 0 Å². The quantitative estimate of drug-likeness (QED) is 0.789. The van der Waals surface area contributed by atoms with Crippen LogP contribution in [0, 0.1) is 19.8 Å². The summed E-state index contributed by atoms with van der Waals surface area (Å²) in [6.45, 7) is 9.16. The predicted molar refractivity (Wildman–Crippen MR) is 79.9 cm³/mol. The molecule has 0 aliphatic heterocycles. The van der Waals surface area contributed by atoms with Crippen LogP contribution in [0.1, 0.15) is 25.1 Å². The molecule has 1 N–H and O–H groups in total. The van der Waals surface area contributed by atoms with Crippen LogP contribution in [0.2, 0.25) is 0 Å². The third kappa shape index (κ3) is 2.09. The van der Waals surface area contributed by atoms with E-state index in [1.54, 1.807) is 6.33 Å². The maximum Gasteiger partial charge on any atom is 0.229 e. The molecule has 3 rings (SSSR count). The van der Waals surface area contributed by atoms with Crippen molar-refractivity contribution in [3.63, 3.8) is 0 Å². The number of nitrogens with one attached hydrogen (secondary N) is 1. The highest BCUT2D eigenvalue weighted by atomic mass is 16.3. The fourth-order valence-corrected chi connectivity index (χ4v) is 2.12. The van der Waals surface area contributed by atoms with Gasteiger partial charge < -0.3 is 9.73 Å². The zero-order valence-corrected chi connectivity index (χ0v) is 12.2. The van der Waals surface area contributed by atoms with Gasteiger partial charge in [-0.15, -0.1) is 0 Å². The predicted octanol–water partition coefficient (Wildman–Crippen LogP) is 3.46. The molecule has 0 atom stereocenters. The number of furan rings is 1. The minimum Gasteiger partial charge on any atom is -0.432 e. The molecular weight excluding hydrogens is 252 g/mol. The first-order valence-corrected chi connectivity index (χ1v) is 6.81. The monoisotopic (exact) mass is 270 g/mol. The summed E-state index contributed by atoms with van der Waals surface area (Å²) in [5.74, 6) is 1.27. The lowest BCUT2D eigenvalue weighted by Crippen LogP contribution is -2.09. The highest BCUT2D eigenvalue weighted by Gasteiger charge is 2.15. The second-order valence-electron chi connectivity index (χ2n) is 5.52. The van der Waals surface area contributed by atoms with Crippen LogP contribution in [0.15, 0.2) is 16.8 Å². The number of aromatic nitrogens is 3. The molecule has 0 saturated heterocycles. The van der Waals surface area contributed by atoms with E-state index in [0.29, 0.717) is 17.2 Å². The van der Waals surface area contributed by atoms with Gasteiger partial charge in [0.1, 0.15) is 11.8 Å². The Morgan fingerprint density at radius 2 is 2.05 bits per heavy atom. The minimum absolute atomic E-state index is 0.534. The van der Waals surface area contributed by atoms with Crippen molar-refractivity contribution in [3.05, 3.63) is 23.7 Å². The molecule has 0 aliphatic rings. The fraction of sp³-hybridized carbons (Fsp3) is 0.400. The zero-order chi connectivity index (χ0) is 14.3. The van der Waals surface area contributed by atoms with Crippen molar-refractivity contribution in [1.29, 1.82) is 0 Å². The Bertz CT molecular complexity index is 776. The van der Waals surface area contributed by atoms with Gasteiger partial charge in [0.15, 0.2) is 11.4 Å². The van der Waals surface area contributed by atoms with Crippen LogP contribution in [0.3, 0.4) is 0 Å². The van der Waals surface area contributed by atoms with Crippen molar-refractivity contribution >= 4 is 28.0 Å². The average molecular weight is 270 g/mol. The van der Waals surface area contributed by atoms with Crippen LogP contribution in [0.5, 0.6) is 0 Å². The lowest BCUT2D eigenvalue weighted by Gasteiger charge is -2.07. The third-order valence-corrected chi connectivity index (χ3v) is 3.37. The molecule has 104 valence electrons. The molecule has 0 amide bonds.